The molecule has 1 aromatic rings. The van der Waals surface area contributed by atoms with Crippen LogP contribution in [0.5, 0.6) is 0 Å². The minimum absolute atomic E-state index is 0.0773. The van der Waals surface area contributed by atoms with Crippen LogP contribution >= 0.6 is 0 Å². The van der Waals surface area contributed by atoms with Crippen molar-refractivity contribution in [2.24, 2.45) is 7.05 Å². The van der Waals surface area contributed by atoms with E-state index >= 15 is 0 Å². The SMILES string of the molecule is Cn1cnnc1CNS(=O)(=O)CC(=O)O. The van der Waals surface area contributed by atoms with Gasteiger partial charge >= 0.3 is 5.97 Å². The summed E-state index contributed by atoms with van der Waals surface area (Å²) in [4.78, 5) is 10.2. The molecule has 1 aromatic heterocycles. The number of aromatic nitrogens is 3. The fraction of sp³-hybridized carbons (Fsp3) is 0.500. The molecule has 0 aliphatic heterocycles. The fourth-order valence-corrected chi connectivity index (χ4v) is 1.63. The smallest absolute Gasteiger partial charge is 0.320 e. The zero-order valence-electron chi connectivity index (χ0n) is 7.91. The van der Waals surface area contributed by atoms with E-state index in [1.807, 2.05) is 0 Å². The van der Waals surface area contributed by atoms with Crippen LogP contribution in [0.3, 0.4) is 0 Å². The van der Waals surface area contributed by atoms with Gasteiger partial charge in [-0.1, -0.05) is 0 Å². The Morgan fingerprint density at radius 2 is 2.33 bits per heavy atom. The molecule has 9 heteroatoms. The number of carboxylic acids is 1. The largest absolute Gasteiger partial charge is 0.480 e. The van der Waals surface area contributed by atoms with Crippen molar-refractivity contribution in [2.45, 2.75) is 6.54 Å². The van der Waals surface area contributed by atoms with Crippen LogP contribution < -0.4 is 4.72 Å². The minimum atomic E-state index is -3.80. The number of nitrogens with zero attached hydrogens (tertiary/aromatic N) is 3. The Morgan fingerprint density at radius 1 is 1.67 bits per heavy atom. The van der Waals surface area contributed by atoms with Crippen LogP contribution in [0.25, 0.3) is 0 Å². The van der Waals surface area contributed by atoms with Gasteiger partial charge in [0.1, 0.15) is 12.2 Å². The van der Waals surface area contributed by atoms with E-state index in [-0.39, 0.29) is 6.54 Å². The van der Waals surface area contributed by atoms with Gasteiger partial charge in [-0.2, -0.15) is 0 Å². The van der Waals surface area contributed by atoms with E-state index in [1.165, 1.54) is 10.9 Å². The zero-order chi connectivity index (χ0) is 11.5. The Morgan fingerprint density at radius 3 is 2.80 bits per heavy atom. The fourth-order valence-electron chi connectivity index (χ4n) is 0.855. The molecule has 1 rings (SSSR count). The van der Waals surface area contributed by atoms with E-state index in [2.05, 4.69) is 14.9 Å². The van der Waals surface area contributed by atoms with E-state index in [1.54, 1.807) is 7.05 Å². The second-order valence-corrected chi connectivity index (χ2v) is 4.64. The highest BCUT2D eigenvalue weighted by molar-refractivity contribution is 7.90. The molecule has 84 valence electrons. The molecule has 0 radical (unpaired) electrons. The summed E-state index contributed by atoms with van der Waals surface area (Å²) in [6, 6.07) is 0. The Balaban J connectivity index is 2.58. The molecule has 0 fully saturated rings. The van der Waals surface area contributed by atoms with Gasteiger partial charge in [-0.3, -0.25) is 4.79 Å². The summed E-state index contributed by atoms with van der Waals surface area (Å²) in [5.74, 6) is -1.95. The number of hydrogen-bond acceptors (Lipinski definition) is 5. The molecule has 0 saturated heterocycles. The zero-order valence-corrected chi connectivity index (χ0v) is 8.73. The van der Waals surface area contributed by atoms with Gasteiger partial charge in [0.25, 0.3) is 0 Å². The summed E-state index contributed by atoms with van der Waals surface area (Å²) in [6.45, 7) is -0.0773. The summed E-state index contributed by atoms with van der Waals surface area (Å²) in [5.41, 5.74) is 0. The van der Waals surface area contributed by atoms with Crippen LogP contribution in [-0.4, -0.2) is 40.0 Å². The highest BCUT2D eigenvalue weighted by Gasteiger charge is 2.15. The van der Waals surface area contributed by atoms with Crippen LogP contribution in [0.1, 0.15) is 5.82 Å². The van der Waals surface area contributed by atoms with Crippen LogP contribution in [0.2, 0.25) is 0 Å². The molecule has 8 nitrogen and oxygen atoms in total. The summed E-state index contributed by atoms with van der Waals surface area (Å²) >= 11 is 0. The van der Waals surface area contributed by atoms with Crippen LogP contribution in [0, 0.1) is 0 Å². The topological polar surface area (TPSA) is 114 Å². The average Bonchev–Trinajstić information content (AvgIpc) is 2.45. The first kappa shape index (κ1) is 11.6. The van der Waals surface area contributed by atoms with Crippen LogP contribution in [0.15, 0.2) is 6.33 Å². The number of aliphatic carboxylic acids is 1. The molecule has 0 aliphatic carbocycles. The molecule has 0 atom stereocenters. The molecule has 0 saturated carbocycles. The third kappa shape index (κ3) is 3.64. The van der Waals surface area contributed by atoms with Crippen molar-refractivity contribution < 1.29 is 18.3 Å². The van der Waals surface area contributed by atoms with E-state index in [9.17, 15) is 13.2 Å². The maximum atomic E-state index is 11.1. The molecule has 0 aliphatic rings. The summed E-state index contributed by atoms with van der Waals surface area (Å²) < 4.78 is 25.8. The lowest BCUT2D eigenvalue weighted by molar-refractivity contribution is -0.134. The van der Waals surface area contributed by atoms with Crippen molar-refractivity contribution in [2.75, 3.05) is 5.75 Å². The first-order chi connectivity index (χ1) is 6.91. The highest BCUT2D eigenvalue weighted by Crippen LogP contribution is 1.93. The lowest BCUT2D eigenvalue weighted by atomic mass is 10.6. The van der Waals surface area contributed by atoms with Crippen molar-refractivity contribution in [3.63, 3.8) is 0 Å². The molecular weight excluding hydrogens is 224 g/mol. The monoisotopic (exact) mass is 234 g/mol. The molecule has 0 spiro atoms. The lowest BCUT2D eigenvalue weighted by Crippen LogP contribution is -2.30. The summed E-state index contributed by atoms with van der Waals surface area (Å²) in [5, 5.41) is 15.5. The third-order valence-corrected chi connectivity index (χ3v) is 2.78. The number of rotatable bonds is 5. The van der Waals surface area contributed by atoms with E-state index in [0.29, 0.717) is 5.82 Å². The maximum absolute atomic E-state index is 11.1. The predicted molar refractivity (Wildman–Crippen MR) is 49.3 cm³/mol. The van der Waals surface area contributed by atoms with Gasteiger partial charge in [-0.05, 0) is 0 Å². The molecule has 15 heavy (non-hydrogen) atoms. The van der Waals surface area contributed by atoms with Gasteiger partial charge in [0.15, 0.2) is 5.75 Å². The highest BCUT2D eigenvalue weighted by atomic mass is 32.2. The second-order valence-electron chi connectivity index (χ2n) is 2.83. The van der Waals surface area contributed by atoms with E-state index in [0.717, 1.165) is 0 Å². The van der Waals surface area contributed by atoms with Gasteiger partial charge in [0, 0.05) is 7.05 Å². The van der Waals surface area contributed by atoms with Crippen molar-refractivity contribution in [3.8, 4) is 0 Å². The normalized spacial score (nSPS) is 11.5. The average molecular weight is 234 g/mol. The van der Waals surface area contributed by atoms with Crippen molar-refractivity contribution in [1.29, 1.82) is 0 Å². The predicted octanol–water partition coefficient (Wildman–Crippen LogP) is -1.68. The molecule has 0 unspecified atom stereocenters. The minimum Gasteiger partial charge on any atom is -0.480 e. The Bertz CT molecular complexity index is 451. The Labute approximate surface area is 86.0 Å². The standard InChI is InChI=1S/C6H10N4O4S/c1-10-4-7-9-5(10)2-8-15(13,14)3-6(11)12/h4,8H,2-3H2,1H3,(H,11,12). The number of carboxylic acid groups (broad SMARTS) is 1. The summed E-state index contributed by atoms with van der Waals surface area (Å²) in [6.07, 6.45) is 1.42. The van der Waals surface area contributed by atoms with Gasteiger partial charge < -0.3 is 9.67 Å². The van der Waals surface area contributed by atoms with Crippen LogP contribution in [0.4, 0.5) is 0 Å². The molecule has 0 aromatic carbocycles. The number of aryl methyl sites for hydroxylation is 1. The summed E-state index contributed by atoms with van der Waals surface area (Å²) in [7, 11) is -2.15. The molecule has 1 heterocycles. The molecule has 0 amide bonds. The number of carbonyl (C=O) groups is 1. The third-order valence-electron chi connectivity index (χ3n) is 1.57. The van der Waals surface area contributed by atoms with Crippen molar-refractivity contribution >= 4 is 16.0 Å². The maximum Gasteiger partial charge on any atom is 0.320 e. The first-order valence-electron chi connectivity index (χ1n) is 3.93. The van der Waals surface area contributed by atoms with Crippen molar-refractivity contribution in [1.82, 2.24) is 19.5 Å². The number of nitrogens with one attached hydrogen (secondary N) is 1. The van der Waals surface area contributed by atoms with E-state index < -0.39 is 21.7 Å². The van der Waals surface area contributed by atoms with Crippen LogP contribution in [-0.2, 0) is 28.4 Å². The van der Waals surface area contributed by atoms with Gasteiger partial charge in [-0.15, -0.1) is 10.2 Å². The quantitative estimate of drug-likeness (QED) is 0.629. The van der Waals surface area contributed by atoms with Gasteiger partial charge in [0.2, 0.25) is 10.0 Å². The van der Waals surface area contributed by atoms with Crippen molar-refractivity contribution in [3.05, 3.63) is 12.2 Å². The van der Waals surface area contributed by atoms with Gasteiger partial charge in [-0.25, -0.2) is 13.1 Å². The number of hydrogen-bond donors (Lipinski definition) is 2. The first-order valence-corrected chi connectivity index (χ1v) is 5.58. The lowest BCUT2D eigenvalue weighted by Gasteiger charge is -2.03. The molecular formula is C6H10N4O4S. The Kier molecular flexibility index (Phi) is 3.37. The van der Waals surface area contributed by atoms with E-state index in [4.69, 9.17) is 5.11 Å². The molecule has 0 bridgehead atoms. The van der Waals surface area contributed by atoms with Gasteiger partial charge in [0.05, 0.1) is 6.54 Å². The second kappa shape index (κ2) is 4.36. The number of sulfonamides is 1. The molecule has 2 N–H and O–H groups in total. The Hall–Kier alpha value is -1.48.